The number of hydrogen-bond acceptors (Lipinski definition) is 4. The first-order chi connectivity index (χ1) is 8.29. The average Bonchev–Trinajstić information content (AvgIpc) is 2.29. The molecule has 1 heterocycles. The van der Waals surface area contributed by atoms with Crippen LogP contribution in [0.4, 0.5) is 0 Å². The van der Waals surface area contributed by atoms with Crippen LogP contribution in [0.5, 0.6) is 0 Å². The lowest BCUT2D eigenvalue weighted by Gasteiger charge is -2.34. The largest absolute Gasteiger partial charge is 0.345 e. The normalized spacial score (nSPS) is 21.3. The van der Waals surface area contributed by atoms with Gasteiger partial charge in [0.2, 0.25) is 11.8 Å². The van der Waals surface area contributed by atoms with Gasteiger partial charge in [0.25, 0.3) is 0 Å². The Balaban J connectivity index is 2.74. The van der Waals surface area contributed by atoms with Gasteiger partial charge in [-0.1, -0.05) is 6.92 Å². The Morgan fingerprint density at radius 1 is 1.39 bits per heavy atom. The summed E-state index contributed by atoms with van der Waals surface area (Å²) in [5, 5.41) is 2.04. The maximum absolute atomic E-state index is 11.7. The van der Waals surface area contributed by atoms with Crippen molar-refractivity contribution in [2.24, 2.45) is 0 Å². The minimum atomic E-state index is -3.20. The van der Waals surface area contributed by atoms with Crippen molar-refractivity contribution in [1.82, 2.24) is 10.2 Å². The molecule has 6 nitrogen and oxygen atoms in total. The van der Waals surface area contributed by atoms with Crippen LogP contribution in [-0.4, -0.2) is 55.3 Å². The molecular weight excluding hydrogens is 256 g/mol. The maximum atomic E-state index is 11.7. The Kier molecular flexibility index (Phi) is 4.72. The van der Waals surface area contributed by atoms with Crippen LogP contribution in [-0.2, 0) is 19.4 Å². The first-order valence-electron chi connectivity index (χ1n) is 6.08. The molecule has 7 heteroatoms. The highest BCUT2D eigenvalue weighted by atomic mass is 32.2. The van der Waals surface area contributed by atoms with Gasteiger partial charge < -0.3 is 10.2 Å². The highest BCUT2D eigenvalue weighted by Crippen LogP contribution is 2.11. The van der Waals surface area contributed by atoms with Crippen molar-refractivity contribution in [1.29, 1.82) is 0 Å². The molecular formula is C11H20N2O4S. The first-order valence-corrected chi connectivity index (χ1v) is 7.80. The van der Waals surface area contributed by atoms with Gasteiger partial charge >= 0.3 is 0 Å². The van der Waals surface area contributed by atoms with E-state index in [0.29, 0.717) is 6.42 Å². The molecule has 0 aliphatic carbocycles. The van der Waals surface area contributed by atoms with Crippen LogP contribution in [0.1, 0.15) is 27.2 Å². The summed E-state index contributed by atoms with van der Waals surface area (Å²) in [6.45, 7) is 5.06. The molecule has 1 rings (SSSR count). The summed E-state index contributed by atoms with van der Waals surface area (Å²) < 4.78 is 23.4. The van der Waals surface area contributed by atoms with E-state index in [-0.39, 0.29) is 30.7 Å². The molecule has 1 unspecified atom stereocenters. The van der Waals surface area contributed by atoms with E-state index in [9.17, 15) is 18.0 Å². The second kappa shape index (κ2) is 5.69. The minimum absolute atomic E-state index is 0.0446. The molecule has 1 aliphatic heterocycles. The number of amides is 2. The second-order valence-corrected chi connectivity index (χ2v) is 7.32. The number of piperazine rings is 1. The van der Waals surface area contributed by atoms with Gasteiger partial charge in [-0.05, 0) is 20.3 Å². The van der Waals surface area contributed by atoms with E-state index in [4.69, 9.17) is 0 Å². The molecule has 1 saturated heterocycles. The standard InChI is InChI=1S/C11H20N2O4S/c1-4-9-11(15)12-7-10(14)13(9)5-6-18(16,17)8(2)3/h8-9H,4-7H2,1-3H3,(H,12,15). The Hall–Kier alpha value is -1.11. The third-order valence-electron chi connectivity index (χ3n) is 3.13. The fourth-order valence-corrected chi connectivity index (χ4v) is 2.77. The van der Waals surface area contributed by atoms with Crippen LogP contribution in [0.15, 0.2) is 0 Å². The highest BCUT2D eigenvalue weighted by molar-refractivity contribution is 7.92. The molecule has 1 fully saturated rings. The van der Waals surface area contributed by atoms with E-state index in [1.54, 1.807) is 20.8 Å². The molecule has 1 atom stereocenters. The van der Waals surface area contributed by atoms with Crippen LogP contribution < -0.4 is 5.32 Å². The monoisotopic (exact) mass is 276 g/mol. The number of nitrogens with one attached hydrogen (secondary N) is 1. The van der Waals surface area contributed by atoms with Crippen molar-refractivity contribution in [3.05, 3.63) is 0 Å². The number of sulfone groups is 1. The molecule has 0 spiro atoms. The van der Waals surface area contributed by atoms with Crippen molar-refractivity contribution >= 4 is 21.7 Å². The number of hydrogen-bond donors (Lipinski definition) is 1. The van der Waals surface area contributed by atoms with E-state index in [1.807, 2.05) is 0 Å². The molecule has 0 aromatic heterocycles. The topological polar surface area (TPSA) is 83.6 Å². The van der Waals surface area contributed by atoms with Crippen molar-refractivity contribution < 1.29 is 18.0 Å². The van der Waals surface area contributed by atoms with E-state index in [1.165, 1.54) is 4.90 Å². The van der Waals surface area contributed by atoms with E-state index < -0.39 is 21.1 Å². The van der Waals surface area contributed by atoms with Gasteiger partial charge in [0.05, 0.1) is 17.5 Å². The van der Waals surface area contributed by atoms with Crippen LogP contribution in [0.3, 0.4) is 0 Å². The lowest BCUT2D eigenvalue weighted by Crippen LogP contribution is -2.59. The lowest BCUT2D eigenvalue weighted by atomic mass is 10.1. The summed E-state index contributed by atoms with van der Waals surface area (Å²) in [5.74, 6) is -0.528. The molecule has 0 aromatic rings. The molecule has 18 heavy (non-hydrogen) atoms. The number of carbonyl (C=O) groups excluding carboxylic acids is 2. The Labute approximate surface area is 108 Å². The molecule has 104 valence electrons. The maximum Gasteiger partial charge on any atom is 0.243 e. The number of carbonyl (C=O) groups is 2. The molecule has 0 aromatic carbocycles. The quantitative estimate of drug-likeness (QED) is 0.737. The van der Waals surface area contributed by atoms with Gasteiger partial charge in [-0.3, -0.25) is 9.59 Å². The molecule has 2 amide bonds. The molecule has 0 saturated carbocycles. The van der Waals surface area contributed by atoms with E-state index in [0.717, 1.165) is 0 Å². The minimum Gasteiger partial charge on any atom is -0.345 e. The van der Waals surface area contributed by atoms with Crippen molar-refractivity contribution in [3.63, 3.8) is 0 Å². The van der Waals surface area contributed by atoms with Crippen molar-refractivity contribution in [2.75, 3.05) is 18.8 Å². The molecule has 0 radical (unpaired) electrons. The number of rotatable bonds is 5. The summed E-state index contributed by atoms with van der Waals surface area (Å²) in [6.07, 6.45) is 0.485. The third-order valence-corrected chi connectivity index (χ3v) is 5.32. The van der Waals surface area contributed by atoms with Gasteiger partial charge in [-0.15, -0.1) is 0 Å². The fraction of sp³-hybridized carbons (Fsp3) is 0.818. The van der Waals surface area contributed by atoms with Gasteiger partial charge in [-0.2, -0.15) is 0 Å². The van der Waals surface area contributed by atoms with Crippen molar-refractivity contribution in [2.45, 2.75) is 38.5 Å². The predicted molar refractivity (Wildman–Crippen MR) is 67.7 cm³/mol. The fourth-order valence-electron chi connectivity index (χ4n) is 1.85. The van der Waals surface area contributed by atoms with Crippen molar-refractivity contribution in [3.8, 4) is 0 Å². The van der Waals surface area contributed by atoms with Crippen LogP contribution in [0.25, 0.3) is 0 Å². The first kappa shape index (κ1) is 14.9. The van der Waals surface area contributed by atoms with Crippen LogP contribution in [0.2, 0.25) is 0 Å². The lowest BCUT2D eigenvalue weighted by molar-refractivity contribution is -0.145. The van der Waals surface area contributed by atoms with Gasteiger partial charge in [0.15, 0.2) is 9.84 Å². The predicted octanol–water partition coefficient (Wildman–Crippen LogP) is -0.453. The zero-order valence-electron chi connectivity index (χ0n) is 11.0. The van der Waals surface area contributed by atoms with Gasteiger partial charge in [-0.25, -0.2) is 8.42 Å². The highest BCUT2D eigenvalue weighted by Gasteiger charge is 2.33. The summed E-state index contributed by atoms with van der Waals surface area (Å²) in [6, 6.07) is -0.548. The zero-order chi connectivity index (χ0) is 13.9. The van der Waals surface area contributed by atoms with Crippen LogP contribution >= 0.6 is 0 Å². The zero-order valence-corrected chi connectivity index (χ0v) is 11.8. The SMILES string of the molecule is CCC1C(=O)NCC(=O)N1CCS(=O)(=O)C(C)C. The average molecular weight is 276 g/mol. The summed E-state index contributed by atoms with van der Waals surface area (Å²) >= 11 is 0. The molecule has 1 aliphatic rings. The smallest absolute Gasteiger partial charge is 0.243 e. The summed E-state index contributed by atoms with van der Waals surface area (Å²) in [5.41, 5.74) is 0. The Morgan fingerprint density at radius 2 is 2.00 bits per heavy atom. The van der Waals surface area contributed by atoms with Gasteiger partial charge in [0.1, 0.15) is 6.04 Å². The van der Waals surface area contributed by atoms with E-state index >= 15 is 0 Å². The molecule has 1 N–H and O–H groups in total. The van der Waals surface area contributed by atoms with Crippen LogP contribution in [0, 0.1) is 0 Å². The Morgan fingerprint density at radius 3 is 2.50 bits per heavy atom. The number of nitrogens with zero attached hydrogens (tertiary/aromatic N) is 1. The molecule has 0 bridgehead atoms. The van der Waals surface area contributed by atoms with Gasteiger partial charge in [0, 0.05) is 6.54 Å². The Bertz CT molecular complexity index is 430. The summed E-state index contributed by atoms with van der Waals surface area (Å²) in [4.78, 5) is 24.7. The second-order valence-electron chi connectivity index (χ2n) is 4.64. The van der Waals surface area contributed by atoms with E-state index in [2.05, 4.69) is 5.32 Å². The third kappa shape index (κ3) is 3.22. The summed E-state index contributed by atoms with van der Waals surface area (Å²) in [7, 11) is -3.20.